The highest BCUT2D eigenvalue weighted by Gasteiger charge is 2.30. The maximum absolute atomic E-state index is 12.4. The van der Waals surface area contributed by atoms with E-state index in [1.165, 1.54) is 11.3 Å². The molecule has 0 unspecified atom stereocenters. The van der Waals surface area contributed by atoms with Crippen molar-refractivity contribution in [3.8, 4) is 0 Å². The molecular weight excluding hydrogens is 312 g/mol. The molecule has 1 aliphatic carbocycles. The molecule has 0 aromatic carbocycles. The third-order valence-electron chi connectivity index (χ3n) is 3.68. The van der Waals surface area contributed by atoms with Crippen LogP contribution < -0.4 is 5.32 Å². The van der Waals surface area contributed by atoms with Gasteiger partial charge in [0, 0.05) is 44.5 Å². The van der Waals surface area contributed by atoms with Crippen molar-refractivity contribution < 1.29 is 9.59 Å². The molecule has 0 saturated heterocycles. The van der Waals surface area contributed by atoms with Crippen LogP contribution in [0.1, 0.15) is 28.2 Å². The Bertz CT molecular complexity index is 697. The largest absolute Gasteiger partial charge is 0.341 e. The molecular formula is C16H18N4O2S. The summed E-state index contributed by atoms with van der Waals surface area (Å²) in [6, 6.07) is 3.54. The van der Waals surface area contributed by atoms with Crippen molar-refractivity contribution in [3.63, 3.8) is 0 Å². The minimum Gasteiger partial charge on any atom is -0.341 e. The number of anilines is 1. The van der Waals surface area contributed by atoms with Crippen LogP contribution in [0.25, 0.3) is 0 Å². The van der Waals surface area contributed by atoms with Gasteiger partial charge in [0.15, 0.2) is 0 Å². The summed E-state index contributed by atoms with van der Waals surface area (Å²) in [5, 5.41) is 3.60. The van der Waals surface area contributed by atoms with Crippen LogP contribution in [0.5, 0.6) is 0 Å². The Balaban J connectivity index is 1.54. The summed E-state index contributed by atoms with van der Waals surface area (Å²) >= 11 is 1.31. The van der Waals surface area contributed by atoms with Crippen molar-refractivity contribution in [3.05, 3.63) is 41.3 Å². The first-order chi connectivity index (χ1) is 11.1. The van der Waals surface area contributed by atoms with Crippen LogP contribution in [-0.2, 0) is 11.2 Å². The number of amides is 2. The maximum atomic E-state index is 12.4. The van der Waals surface area contributed by atoms with Gasteiger partial charge in [0.25, 0.3) is 5.91 Å². The van der Waals surface area contributed by atoms with E-state index in [1.54, 1.807) is 42.7 Å². The van der Waals surface area contributed by atoms with E-state index >= 15 is 0 Å². The van der Waals surface area contributed by atoms with Crippen molar-refractivity contribution >= 4 is 28.2 Å². The quantitative estimate of drug-likeness (QED) is 0.881. The molecule has 0 atom stereocenters. The van der Waals surface area contributed by atoms with Crippen molar-refractivity contribution in [2.45, 2.75) is 19.3 Å². The van der Waals surface area contributed by atoms with Crippen LogP contribution in [-0.4, -0.2) is 40.3 Å². The monoisotopic (exact) mass is 330 g/mol. The predicted molar refractivity (Wildman–Crippen MR) is 88.4 cm³/mol. The Hall–Kier alpha value is -2.28. The fourth-order valence-electron chi connectivity index (χ4n) is 2.12. The van der Waals surface area contributed by atoms with Crippen LogP contribution in [0.15, 0.2) is 30.7 Å². The van der Waals surface area contributed by atoms with Gasteiger partial charge in [-0.1, -0.05) is 0 Å². The maximum Gasteiger partial charge on any atom is 0.263 e. The lowest BCUT2D eigenvalue weighted by Gasteiger charge is -2.15. The zero-order chi connectivity index (χ0) is 16.2. The number of aromatic nitrogens is 2. The smallest absolute Gasteiger partial charge is 0.263 e. The number of hydrogen-bond donors (Lipinski definition) is 1. The highest BCUT2D eigenvalue weighted by molar-refractivity contribution is 7.18. The zero-order valence-electron chi connectivity index (χ0n) is 12.9. The molecule has 7 heteroatoms. The number of rotatable bonds is 6. The van der Waals surface area contributed by atoms with Crippen LogP contribution in [0, 0.1) is 5.92 Å². The van der Waals surface area contributed by atoms with Gasteiger partial charge in [0.1, 0.15) is 0 Å². The van der Waals surface area contributed by atoms with Crippen molar-refractivity contribution in [2.24, 2.45) is 5.92 Å². The third kappa shape index (κ3) is 4.13. The molecule has 3 rings (SSSR count). The first-order valence-corrected chi connectivity index (χ1v) is 8.36. The molecule has 23 heavy (non-hydrogen) atoms. The van der Waals surface area contributed by atoms with Crippen LogP contribution in [0.2, 0.25) is 0 Å². The number of thiophene rings is 1. The number of hydrogen-bond acceptors (Lipinski definition) is 5. The van der Waals surface area contributed by atoms with Crippen LogP contribution in [0.4, 0.5) is 5.00 Å². The highest BCUT2D eigenvalue weighted by Crippen LogP contribution is 2.31. The lowest BCUT2D eigenvalue weighted by Crippen LogP contribution is -2.28. The molecule has 2 amide bonds. The molecule has 6 nitrogen and oxygen atoms in total. The molecule has 1 aliphatic rings. The van der Waals surface area contributed by atoms with Gasteiger partial charge in [-0.25, -0.2) is 0 Å². The topological polar surface area (TPSA) is 75.2 Å². The molecule has 1 saturated carbocycles. The Morgan fingerprint density at radius 2 is 2.17 bits per heavy atom. The lowest BCUT2D eigenvalue weighted by atomic mass is 10.3. The van der Waals surface area contributed by atoms with E-state index in [0.717, 1.165) is 23.5 Å². The molecule has 120 valence electrons. The summed E-state index contributed by atoms with van der Waals surface area (Å²) in [6.45, 7) is 0.569. The van der Waals surface area contributed by atoms with E-state index in [2.05, 4.69) is 15.3 Å². The van der Waals surface area contributed by atoms with Gasteiger partial charge in [-0.3, -0.25) is 19.6 Å². The van der Waals surface area contributed by atoms with Crippen LogP contribution >= 0.6 is 11.3 Å². The summed E-state index contributed by atoms with van der Waals surface area (Å²) in [7, 11) is 1.76. The van der Waals surface area contributed by atoms with Crippen molar-refractivity contribution in [2.75, 3.05) is 18.9 Å². The van der Waals surface area contributed by atoms with E-state index < -0.39 is 0 Å². The molecule has 0 radical (unpaired) electrons. The lowest BCUT2D eigenvalue weighted by molar-refractivity contribution is -0.117. The Morgan fingerprint density at radius 3 is 2.87 bits per heavy atom. The van der Waals surface area contributed by atoms with E-state index in [-0.39, 0.29) is 17.7 Å². The Morgan fingerprint density at radius 1 is 1.35 bits per heavy atom. The predicted octanol–water partition coefficient (Wildman–Crippen LogP) is 2.20. The third-order valence-corrected chi connectivity index (χ3v) is 4.67. The van der Waals surface area contributed by atoms with E-state index in [0.29, 0.717) is 17.8 Å². The summed E-state index contributed by atoms with van der Waals surface area (Å²) in [5.41, 5.74) is 0.857. The highest BCUT2D eigenvalue weighted by atomic mass is 32.1. The van der Waals surface area contributed by atoms with Crippen molar-refractivity contribution in [1.82, 2.24) is 14.9 Å². The van der Waals surface area contributed by atoms with E-state index in [1.807, 2.05) is 0 Å². The first kappa shape index (κ1) is 15.6. The number of carbonyl (C=O) groups excluding carboxylic acids is 2. The first-order valence-electron chi connectivity index (χ1n) is 7.54. The summed E-state index contributed by atoms with van der Waals surface area (Å²) in [5.74, 6) is 0.165. The minimum atomic E-state index is -0.0502. The van der Waals surface area contributed by atoms with Crippen molar-refractivity contribution in [1.29, 1.82) is 0 Å². The summed E-state index contributed by atoms with van der Waals surface area (Å²) in [6.07, 6.45) is 7.57. The standard InChI is InChI=1S/C16H18N4O2S/c1-20(9-6-12-10-17-7-8-18-12)16(22)13-4-5-14(23-13)19-15(21)11-2-3-11/h4-5,7-8,10-11H,2-3,6,9H2,1H3,(H,19,21). The number of nitrogens with zero attached hydrogens (tertiary/aromatic N) is 3. The summed E-state index contributed by atoms with van der Waals surface area (Å²) in [4.78, 5) is 34.6. The van der Waals surface area contributed by atoms with Gasteiger partial charge < -0.3 is 10.2 Å². The van der Waals surface area contributed by atoms with Gasteiger partial charge >= 0.3 is 0 Å². The number of likely N-dealkylation sites (N-methyl/N-ethyl adjacent to an activating group) is 1. The van der Waals surface area contributed by atoms with E-state index in [9.17, 15) is 9.59 Å². The molecule has 1 fully saturated rings. The SMILES string of the molecule is CN(CCc1cnccn1)C(=O)c1ccc(NC(=O)C2CC2)s1. The second-order valence-corrected chi connectivity index (χ2v) is 6.68. The average molecular weight is 330 g/mol. The number of carbonyl (C=O) groups is 2. The Labute approximate surface area is 138 Å². The van der Waals surface area contributed by atoms with Gasteiger partial charge in [0.2, 0.25) is 5.91 Å². The molecule has 2 aromatic rings. The number of nitrogens with one attached hydrogen (secondary N) is 1. The molecule has 0 aliphatic heterocycles. The van der Waals surface area contributed by atoms with Gasteiger partial charge in [-0.15, -0.1) is 11.3 Å². The second kappa shape index (κ2) is 6.87. The second-order valence-electron chi connectivity index (χ2n) is 5.60. The average Bonchev–Trinajstić information content (AvgIpc) is 3.33. The molecule has 1 N–H and O–H groups in total. The molecule has 0 bridgehead atoms. The zero-order valence-corrected chi connectivity index (χ0v) is 13.7. The molecule has 2 aromatic heterocycles. The fourth-order valence-corrected chi connectivity index (χ4v) is 3.02. The van der Waals surface area contributed by atoms with Gasteiger partial charge in [-0.2, -0.15) is 0 Å². The normalized spacial score (nSPS) is 13.6. The van der Waals surface area contributed by atoms with Crippen LogP contribution in [0.3, 0.4) is 0 Å². The Kier molecular flexibility index (Phi) is 4.66. The fraction of sp³-hybridized carbons (Fsp3) is 0.375. The van der Waals surface area contributed by atoms with Gasteiger partial charge in [0.05, 0.1) is 15.6 Å². The minimum absolute atomic E-state index is 0.0502. The molecule has 2 heterocycles. The van der Waals surface area contributed by atoms with Gasteiger partial charge in [-0.05, 0) is 25.0 Å². The molecule has 0 spiro atoms. The van der Waals surface area contributed by atoms with E-state index in [4.69, 9.17) is 0 Å². The summed E-state index contributed by atoms with van der Waals surface area (Å²) < 4.78 is 0.